The van der Waals surface area contributed by atoms with Crippen LogP contribution in [0.5, 0.6) is 5.75 Å². The van der Waals surface area contributed by atoms with Gasteiger partial charge in [0.25, 0.3) is 10.0 Å². The predicted molar refractivity (Wildman–Crippen MR) is 132 cm³/mol. The molecule has 0 saturated carbocycles. The van der Waals surface area contributed by atoms with Gasteiger partial charge in [0.05, 0.1) is 22.7 Å². The van der Waals surface area contributed by atoms with Crippen molar-refractivity contribution in [2.75, 3.05) is 24.5 Å². The highest BCUT2D eigenvalue weighted by Crippen LogP contribution is 2.33. The molecule has 0 saturated heterocycles. The molecule has 174 valence electrons. The number of halogens is 2. The van der Waals surface area contributed by atoms with E-state index < -0.39 is 22.5 Å². The van der Waals surface area contributed by atoms with Crippen LogP contribution in [-0.2, 0) is 21.2 Å². The van der Waals surface area contributed by atoms with Gasteiger partial charge in [-0.1, -0.05) is 53.0 Å². The van der Waals surface area contributed by atoms with Crippen LogP contribution >= 0.6 is 23.2 Å². The highest BCUT2D eigenvalue weighted by molar-refractivity contribution is 7.92. The van der Waals surface area contributed by atoms with Crippen LogP contribution in [0.4, 0.5) is 5.69 Å². The van der Waals surface area contributed by atoms with Crippen molar-refractivity contribution < 1.29 is 17.9 Å². The van der Waals surface area contributed by atoms with E-state index in [1.807, 2.05) is 31.2 Å². The van der Waals surface area contributed by atoms with Crippen molar-refractivity contribution in [3.8, 4) is 5.75 Å². The summed E-state index contributed by atoms with van der Waals surface area (Å²) in [6.45, 7) is 1.75. The lowest BCUT2D eigenvalue weighted by atomic mass is 10.1. The van der Waals surface area contributed by atoms with E-state index in [4.69, 9.17) is 27.9 Å². The van der Waals surface area contributed by atoms with E-state index in [2.05, 4.69) is 5.32 Å². The number of anilines is 1. The largest absolute Gasteiger partial charge is 0.497 e. The summed E-state index contributed by atoms with van der Waals surface area (Å²) in [5, 5.41) is 3.25. The Labute approximate surface area is 204 Å². The highest BCUT2D eigenvalue weighted by Gasteiger charge is 2.29. The predicted octanol–water partition coefficient (Wildman–Crippen LogP) is 4.86. The molecule has 0 heterocycles. The molecule has 0 aliphatic heterocycles. The van der Waals surface area contributed by atoms with Gasteiger partial charge in [0.2, 0.25) is 5.91 Å². The number of carbonyl (C=O) groups excluding carboxylic acids is 1. The van der Waals surface area contributed by atoms with Gasteiger partial charge in [-0.25, -0.2) is 8.42 Å². The van der Waals surface area contributed by atoms with Crippen molar-refractivity contribution in [2.24, 2.45) is 0 Å². The lowest BCUT2D eigenvalue weighted by Gasteiger charge is -2.25. The number of nitrogens with one attached hydrogen (secondary N) is 1. The van der Waals surface area contributed by atoms with E-state index in [0.717, 1.165) is 21.2 Å². The number of nitrogens with zero attached hydrogens (tertiary/aromatic N) is 1. The van der Waals surface area contributed by atoms with Gasteiger partial charge in [0.1, 0.15) is 12.3 Å². The third kappa shape index (κ3) is 6.41. The molecule has 33 heavy (non-hydrogen) atoms. The molecule has 3 rings (SSSR count). The maximum atomic E-state index is 13.4. The molecule has 1 amide bonds. The number of hydrogen-bond acceptors (Lipinski definition) is 4. The molecule has 3 aromatic rings. The first-order valence-electron chi connectivity index (χ1n) is 10.1. The first-order chi connectivity index (χ1) is 15.7. The molecule has 0 unspecified atom stereocenters. The van der Waals surface area contributed by atoms with Gasteiger partial charge in [-0.15, -0.1) is 0 Å². The van der Waals surface area contributed by atoms with Crippen LogP contribution in [0.25, 0.3) is 0 Å². The van der Waals surface area contributed by atoms with Gasteiger partial charge < -0.3 is 10.1 Å². The van der Waals surface area contributed by atoms with Crippen molar-refractivity contribution in [3.63, 3.8) is 0 Å². The molecule has 0 spiro atoms. The normalized spacial score (nSPS) is 11.2. The lowest BCUT2D eigenvalue weighted by Crippen LogP contribution is -2.41. The fourth-order valence-electron chi connectivity index (χ4n) is 3.14. The number of rotatable bonds is 9. The van der Waals surface area contributed by atoms with Crippen molar-refractivity contribution in [1.82, 2.24) is 5.32 Å². The van der Waals surface area contributed by atoms with Crippen LogP contribution in [0.1, 0.15) is 11.1 Å². The summed E-state index contributed by atoms with van der Waals surface area (Å²) in [6, 6.07) is 18.4. The van der Waals surface area contributed by atoms with Crippen molar-refractivity contribution in [2.45, 2.75) is 18.2 Å². The summed E-state index contributed by atoms with van der Waals surface area (Å²) in [7, 11) is -2.48. The molecule has 1 N–H and O–H groups in total. The summed E-state index contributed by atoms with van der Waals surface area (Å²) in [5.74, 6) is 0.286. The van der Waals surface area contributed by atoms with Crippen molar-refractivity contribution in [1.29, 1.82) is 0 Å². The van der Waals surface area contributed by atoms with Crippen LogP contribution < -0.4 is 14.4 Å². The molecular weight excluding hydrogens is 483 g/mol. The molecule has 0 aliphatic rings. The van der Waals surface area contributed by atoms with Gasteiger partial charge in [-0.3, -0.25) is 9.10 Å². The zero-order chi connectivity index (χ0) is 24.0. The molecule has 0 radical (unpaired) electrons. The standard InChI is InChI=1S/C24H24Cl2N2O4S/c1-17-3-10-21(11-4-17)33(30,31)28(23-15-19(25)7-12-22(23)26)16-24(29)27-14-13-18-5-8-20(32-2)9-6-18/h3-12,15H,13-14,16H2,1-2H3,(H,27,29). The van der Waals surface area contributed by atoms with Crippen LogP contribution in [0.3, 0.4) is 0 Å². The minimum absolute atomic E-state index is 0.0511. The van der Waals surface area contributed by atoms with Crippen LogP contribution in [0.2, 0.25) is 10.0 Å². The number of carbonyl (C=O) groups is 1. The molecule has 0 fully saturated rings. The van der Waals surface area contributed by atoms with Gasteiger partial charge in [0, 0.05) is 11.6 Å². The number of methoxy groups -OCH3 is 1. The molecule has 0 atom stereocenters. The number of sulfonamides is 1. The molecule has 0 bridgehead atoms. The van der Waals surface area contributed by atoms with E-state index >= 15 is 0 Å². The van der Waals surface area contributed by atoms with Crippen LogP contribution in [0.15, 0.2) is 71.6 Å². The smallest absolute Gasteiger partial charge is 0.264 e. The van der Waals surface area contributed by atoms with Gasteiger partial charge >= 0.3 is 0 Å². The number of ether oxygens (including phenoxy) is 1. The second-order valence-corrected chi connectivity index (χ2v) is 10.1. The Morgan fingerprint density at radius 2 is 1.67 bits per heavy atom. The average molecular weight is 507 g/mol. The quantitative estimate of drug-likeness (QED) is 0.449. The molecular formula is C24H24Cl2N2O4S. The minimum atomic E-state index is -4.07. The second-order valence-electron chi connectivity index (χ2n) is 7.37. The van der Waals surface area contributed by atoms with E-state index in [-0.39, 0.29) is 15.6 Å². The SMILES string of the molecule is COc1ccc(CCNC(=O)CN(c2cc(Cl)ccc2Cl)S(=O)(=O)c2ccc(C)cc2)cc1. The van der Waals surface area contributed by atoms with Gasteiger partial charge in [-0.2, -0.15) is 0 Å². The van der Waals surface area contributed by atoms with Crippen LogP contribution in [-0.4, -0.2) is 34.5 Å². The Morgan fingerprint density at radius 3 is 2.30 bits per heavy atom. The third-order valence-electron chi connectivity index (χ3n) is 4.97. The molecule has 3 aromatic carbocycles. The Bertz CT molecular complexity index is 1210. The summed E-state index contributed by atoms with van der Waals surface area (Å²) in [5.41, 5.74) is 2.06. The first-order valence-corrected chi connectivity index (χ1v) is 12.3. The molecule has 0 aromatic heterocycles. The van der Waals surface area contributed by atoms with Gasteiger partial charge in [-0.05, 0) is 61.4 Å². The lowest BCUT2D eigenvalue weighted by molar-refractivity contribution is -0.119. The zero-order valence-electron chi connectivity index (χ0n) is 18.2. The third-order valence-corrected chi connectivity index (χ3v) is 7.30. The Morgan fingerprint density at radius 1 is 1.00 bits per heavy atom. The summed E-state index contributed by atoms with van der Waals surface area (Å²) in [4.78, 5) is 12.8. The van der Waals surface area contributed by atoms with E-state index in [9.17, 15) is 13.2 Å². The fourth-order valence-corrected chi connectivity index (χ4v) is 5.01. The van der Waals surface area contributed by atoms with E-state index in [1.165, 1.54) is 24.3 Å². The summed E-state index contributed by atoms with van der Waals surface area (Å²) < 4.78 is 33.0. The maximum Gasteiger partial charge on any atom is 0.264 e. The molecule has 9 heteroatoms. The number of benzene rings is 3. The van der Waals surface area contributed by atoms with Crippen LogP contribution in [0, 0.1) is 6.92 Å². The Balaban J connectivity index is 1.79. The topological polar surface area (TPSA) is 75.7 Å². The monoisotopic (exact) mass is 506 g/mol. The van der Waals surface area contributed by atoms with Gasteiger partial charge in [0.15, 0.2) is 0 Å². The molecule has 6 nitrogen and oxygen atoms in total. The Kier molecular flexibility index (Phi) is 8.24. The summed E-state index contributed by atoms with van der Waals surface area (Å²) in [6.07, 6.45) is 0.582. The number of aryl methyl sites for hydroxylation is 1. The van der Waals surface area contributed by atoms with E-state index in [0.29, 0.717) is 18.0 Å². The Hall–Kier alpha value is -2.74. The number of amides is 1. The van der Waals surface area contributed by atoms with Crippen molar-refractivity contribution in [3.05, 3.63) is 87.9 Å². The average Bonchev–Trinajstić information content (AvgIpc) is 2.80. The molecule has 0 aliphatic carbocycles. The van der Waals surface area contributed by atoms with Crippen molar-refractivity contribution >= 4 is 44.8 Å². The second kappa shape index (κ2) is 10.9. The first kappa shape index (κ1) is 24.9. The minimum Gasteiger partial charge on any atom is -0.497 e. The maximum absolute atomic E-state index is 13.4. The number of hydrogen-bond donors (Lipinski definition) is 1. The highest BCUT2D eigenvalue weighted by atomic mass is 35.5. The zero-order valence-corrected chi connectivity index (χ0v) is 20.5. The summed E-state index contributed by atoms with van der Waals surface area (Å²) >= 11 is 12.4. The van der Waals surface area contributed by atoms with E-state index in [1.54, 1.807) is 25.3 Å². The fraction of sp³-hybridized carbons (Fsp3) is 0.208.